The van der Waals surface area contributed by atoms with E-state index < -0.39 is 17.9 Å². The van der Waals surface area contributed by atoms with E-state index in [9.17, 15) is 14.4 Å². The Kier molecular flexibility index (Phi) is 4.84. The number of nitrogens with zero attached hydrogens (tertiary/aromatic N) is 1. The second-order valence-corrected chi connectivity index (χ2v) is 4.79. The Bertz CT molecular complexity index is 754. The number of H-pyrrole nitrogens is 1. The summed E-state index contributed by atoms with van der Waals surface area (Å²) in [6, 6.07) is 6.84. The van der Waals surface area contributed by atoms with Crippen LogP contribution in [-0.2, 0) is 16.1 Å². The first-order chi connectivity index (χ1) is 10.5. The van der Waals surface area contributed by atoms with E-state index in [0.717, 1.165) is 0 Å². The molecule has 2 rings (SSSR count). The van der Waals surface area contributed by atoms with Gasteiger partial charge in [-0.05, 0) is 13.0 Å². The van der Waals surface area contributed by atoms with E-state index in [2.05, 4.69) is 20.8 Å². The number of amides is 2. The van der Waals surface area contributed by atoms with Gasteiger partial charge in [-0.2, -0.15) is 5.10 Å². The van der Waals surface area contributed by atoms with Crippen LogP contribution in [0.4, 0.5) is 0 Å². The molecule has 1 unspecified atom stereocenters. The molecule has 0 aliphatic rings. The van der Waals surface area contributed by atoms with Crippen molar-refractivity contribution in [3.05, 3.63) is 40.3 Å². The lowest BCUT2D eigenvalue weighted by Crippen LogP contribution is -2.42. The van der Waals surface area contributed by atoms with Crippen LogP contribution in [0.15, 0.2) is 29.1 Å². The normalized spacial score (nSPS) is 11.9. The van der Waals surface area contributed by atoms with E-state index in [1.165, 1.54) is 6.92 Å². The third-order valence-corrected chi connectivity index (χ3v) is 2.96. The van der Waals surface area contributed by atoms with E-state index >= 15 is 0 Å². The van der Waals surface area contributed by atoms with Crippen molar-refractivity contribution >= 4 is 22.6 Å². The van der Waals surface area contributed by atoms with E-state index in [1.54, 1.807) is 24.3 Å². The summed E-state index contributed by atoms with van der Waals surface area (Å²) in [5, 5.41) is 21.0. The van der Waals surface area contributed by atoms with Gasteiger partial charge in [0.25, 0.3) is 5.56 Å². The molecule has 0 radical (unpaired) electrons. The monoisotopic (exact) mass is 304 g/mol. The number of nitrogens with one attached hydrogen (secondary N) is 3. The van der Waals surface area contributed by atoms with Gasteiger partial charge in [-0.1, -0.05) is 18.2 Å². The number of hydrogen-bond acceptors (Lipinski definition) is 5. The molecule has 0 saturated heterocycles. The van der Waals surface area contributed by atoms with Crippen LogP contribution in [0.3, 0.4) is 0 Å². The Hall–Kier alpha value is -2.74. The van der Waals surface area contributed by atoms with E-state index in [-0.39, 0.29) is 18.6 Å². The van der Waals surface area contributed by atoms with Gasteiger partial charge in [0, 0.05) is 11.9 Å². The van der Waals surface area contributed by atoms with Crippen molar-refractivity contribution in [1.82, 2.24) is 20.8 Å². The second-order valence-electron chi connectivity index (χ2n) is 4.79. The summed E-state index contributed by atoms with van der Waals surface area (Å²) in [6.07, 6.45) is -0.735. The van der Waals surface area contributed by atoms with Crippen molar-refractivity contribution in [3.63, 3.8) is 0 Å². The standard InChI is InChI=1S/C14H16N4O4/c1-8(19)6-15-13(21)14(22)16-7-11-9-4-2-3-5-10(9)12(20)18-17-11/h2-5,8,19H,6-7H2,1H3,(H,15,21)(H,16,22)(H,18,20). The van der Waals surface area contributed by atoms with Gasteiger partial charge in [-0.25, -0.2) is 5.10 Å². The second kappa shape index (κ2) is 6.81. The van der Waals surface area contributed by atoms with Crippen molar-refractivity contribution in [1.29, 1.82) is 0 Å². The first-order valence-electron chi connectivity index (χ1n) is 6.69. The molecule has 0 aliphatic heterocycles. The molecule has 22 heavy (non-hydrogen) atoms. The summed E-state index contributed by atoms with van der Waals surface area (Å²) in [5.41, 5.74) is 0.132. The molecule has 116 valence electrons. The lowest BCUT2D eigenvalue weighted by atomic mass is 10.1. The predicted octanol–water partition coefficient (Wildman–Crippen LogP) is -0.964. The van der Waals surface area contributed by atoms with Gasteiger partial charge in [-0.3, -0.25) is 14.4 Å². The van der Waals surface area contributed by atoms with Crippen molar-refractivity contribution < 1.29 is 14.7 Å². The number of aromatic amines is 1. The number of rotatable bonds is 4. The number of aliphatic hydroxyl groups is 1. The predicted molar refractivity (Wildman–Crippen MR) is 78.9 cm³/mol. The number of carbonyl (C=O) groups excluding carboxylic acids is 2. The zero-order chi connectivity index (χ0) is 16.1. The Balaban J connectivity index is 2.06. The molecular weight excluding hydrogens is 288 g/mol. The number of benzene rings is 1. The maximum Gasteiger partial charge on any atom is 0.309 e. The molecule has 1 aromatic carbocycles. The molecule has 1 heterocycles. The average molecular weight is 304 g/mol. The minimum absolute atomic E-state index is 0.00176. The van der Waals surface area contributed by atoms with Gasteiger partial charge in [0.15, 0.2) is 0 Å². The highest BCUT2D eigenvalue weighted by Gasteiger charge is 2.14. The largest absolute Gasteiger partial charge is 0.392 e. The summed E-state index contributed by atoms with van der Waals surface area (Å²) in [4.78, 5) is 34.7. The first-order valence-corrected chi connectivity index (χ1v) is 6.69. The maximum atomic E-state index is 11.6. The van der Waals surface area contributed by atoms with Gasteiger partial charge < -0.3 is 15.7 Å². The molecule has 2 amide bonds. The summed E-state index contributed by atoms with van der Waals surface area (Å²) in [5.74, 6) is -1.67. The Morgan fingerprint density at radius 3 is 2.55 bits per heavy atom. The quantitative estimate of drug-likeness (QED) is 0.541. The number of aliphatic hydroxyl groups excluding tert-OH is 1. The topological polar surface area (TPSA) is 124 Å². The minimum Gasteiger partial charge on any atom is -0.392 e. The lowest BCUT2D eigenvalue weighted by Gasteiger charge is -2.08. The van der Waals surface area contributed by atoms with Gasteiger partial charge in [0.2, 0.25) is 0 Å². The van der Waals surface area contributed by atoms with Crippen LogP contribution in [0.2, 0.25) is 0 Å². The van der Waals surface area contributed by atoms with E-state index in [0.29, 0.717) is 16.5 Å². The Morgan fingerprint density at radius 1 is 1.23 bits per heavy atom. The van der Waals surface area contributed by atoms with Crippen LogP contribution in [0, 0.1) is 0 Å². The van der Waals surface area contributed by atoms with Crippen LogP contribution >= 0.6 is 0 Å². The van der Waals surface area contributed by atoms with E-state index in [4.69, 9.17) is 5.11 Å². The van der Waals surface area contributed by atoms with Gasteiger partial charge in [0.05, 0.1) is 23.7 Å². The van der Waals surface area contributed by atoms with Gasteiger partial charge in [-0.15, -0.1) is 0 Å². The fourth-order valence-corrected chi connectivity index (χ4v) is 1.87. The van der Waals surface area contributed by atoms with Crippen LogP contribution in [0.1, 0.15) is 12.6 Å². The van der Waals surface area contributed by atoms with Crippen LogP contribution < -0.4 is 16.2 Å². The molecule has 0 fully saturated rings. The molecule has 0 aliphatic carbocycles. The zero-order valence-electron chi connectivity index (χ0n) is 11.9. The maximum absolute atomic E-state index is 11.6. The fourth-order valence-electron chi connectivity index (χ4n) is 1.87. The smallest absolute Gasteiger partial charge is 0.309 e. The number of carbonyl (C=O) groups is 2. The summed E-state index contributed by atoms with van der Waals surface area (Å²) >= 11 is 0. The number of aromatic nitrogens is 2. The fraction of sp³-hybridized carbons (Fsp3) is 0.286. The average Bonchev–Trinajstić information content (AvgIpc) is 2.52. The molecule has 0 saturated carbocycles. The molecule has 0 bridgehead atoms. The lowest BCUT2D eigenvalue weighted by molar-refractivity contribution is -0.139. The van der Waals surface area contributed by atoms with E-state index in [1.807, 2.05) is 0 Å². The summed E-state index contributed by atoms with van der Waals surface area (Å²) in [7, 11) is 0. The molecular formula is C14H16N4O4. The molecule has 1 atom stereocenters. The molecule has 8 nitrogen and oxygen atoms in total. The van der Waals surface area contributed by atoms with Crippen LogP contribution in [0.5, 0.6) is 0 Å². The zero-order valence-corrected chi connectivity index (χ0v) is 11.9. The first kappa shape index (κ1) is 15.6. The van der Waals surface area contributed by atoms with Gasteiger partial charge >= 0.3 is 11.8 Å². The molecule has 8 heteroatoms. The Morgan fingerprint density at radius 2 is 1.86 bits per heavy atom. The Labute approximate surface area is 125 Å². The van der Waals surface area contributed by atoms with Crippen molar-refractivity contribution in [2.24, 2.45) is 0 Å². The van der Waals surface area contributed by atoms with Crippen molar-refractivity contribution in [2.45, 2.75) is 19.6 Å². The molecule has 0 spiro atoms. The van der Waals surface area contributed by atoms with Gasteiger partial charge in [0.1, 0.15) is 0 Å². The number of fused-ring (bicyclic) bond motifs is 1. The minimum atomic E-state index is -0.838. The van der Waals surface area contributed by atoms with Crippen molar-refractivity contribution in [2.75, 3.05) is 6.54 Å². The third-order valence-electron chi connectivity index (χ3n) is 2.96. The highest BCUT2D eigenvalue weighted by Crippen LogP contribution is 2.11. The SMILES string of the molecule is CC(O)CNC(=O)C(=O)NCc1n[nH]c(=O)c2ccccc12. The third kappa shape index (κ3) is 3.67. The summed E-state index contributed by atoms with van der Waals surface area (Å²) < 4.78 is 0. The highest BCUT2D eigenvalue weighted by atomic mass is 16.3. The molecule has 1 aromatic heterocycles. The highest BCUT2D eigenvalue weighted by molar-refractivity contribution is 6.35. The molecule has 2 aromatic rings. The van der Waals surface area contributed by atoms with Crippen LogP contribution in [0.25, 0.3) is 10.8 Å². The van der Waals surface area contributed by atoms with Crippen LogP contribution in [-0.4, -0.2) is 39.8 Å². The molecule has 4 N–H and O–H groups in total. The number of hydrogen-bond donors (Lipinski definition) is 4. The summed E-state index contributed by atoms with van der Waals surface area (Å²) in [6.45, 7) is 1.48. The van der Waals surface area contributed by atoms with Crippen molar-refractivity contribution in [3.8, 4) is 0 Å².